The third-order valence-electron chi connectivity index (χ3n) is 4.48. The van der Waals surface area contributed by atoms with E-state index in [1.165, 1.54) is 4.90 Å². The summed E-state index contributed by atoms with van der Waals surface area (Å²) in [5, 5.41) is 5.87. The van der Waals surface area contributed by atoms with Gasteiger partial charge in [-0.05, 0) is 36.8 Å². The van der Waals surface area contributed by atoms with Gasteiger partial charge in [0.2, 0.25) is 5.91 Å². The third-order valence-corrected chi connectivity index (χ3v) is 4.72. The standard InChI is InChI=1S/C21H20ClN3O4/c22-15-6-3-5-14(13-15)19(27)24-11-10-23-18(26)9-4-12-25-20(28)16-7-1-2-8-17(16)21(25)29/h1-3,5-8,13H,4,9-12H2,(H,23,26)(H,24,27). The van der Waals surface area contributed by atoms with Crippen LogP contribution in [0.25, 0.3) is 0 Å². The minimum Gasteiger partial charge on any atom is -0.354 e. The summed E-state index contributed by atoms with van der Waals surface area (Å²) in [7, 11) is 0. The topological polar surface area (TPSA) is 95.6 Å². The molecule has 0 unspecified atom stereocenters. The molecule has 2 N–H and O–H groups in total. The highest BCUT2D eigenvalue weighted by atomic mass is 35.5. The van der Waals surface area contributed by atoms with Crippen LogP contribution < -0.4 is 10.6 Å². The van der Waals surface area contributed by atoms with Crippen LogP contribution in [0.4, 0.5) is 0 Å². The number of amides is 4. The van der Waals surface area contributed by atoms with E-state index in [-0.39, 0.29) is 49.7 Å². The lowest BCUT2D eigenvalue weighted by molar-refractivity contribution is -0.121. The van der Waals surface area contributed by atoms with Crippen LogP contribution >= 0.6 is 11.6 Å². The Hall–Kier alpha value is -3.19. The Balaban J connectivity index is 1.34. The molecular weight excluding hydrogens is 394 g/mol. The van der Waals surface area contributed by atoms with E-state index in [2.05, 4.69) is 10.6 Å². The van der Waals surface area contributed by atoms with Crippen LogP contribution in [-0.4, -0.2) is 48.2 Å². The maximum Gasteiger partial charge on any atom is 0.261 e. The van der Waals surface area contributed by atoms with E-state index < -0.39 is 0 Å². The fraction of sp³-hybridized carbons (Fsp3) is 0.238. The second kappa shape index (κ2) is 9.34. The van der Waals surface area contributed by atoms with Gasteiger partial charge in [0.15, 0.2) is 0 Å². The first-order valence-electron chi connectivity index (χ1n) is 9.23. The van der Waals surface area contributed by atoms with Crippen molar-refractivity contribution >= 4 is 35.2 Å². The minimum atomic E-state index is -0.324. The second-order valence-electron chi connectivity index (χ2n) is 6.53. The first-order valence-corrected chi connectivity index (χ1v) is 9.61. The smallest absolute Gasteiger partial charge is 0.261 e. The fourth-order valence-electron chi connectivity index (χ4n) is 3.04. The normalized spacial score (nSPS) is 12.7. The van der Waals surface area contributed by atoms with Crippen molar-refractivity contribution in [3.05, 3.63) is 70.2 Å². The quantitative estimate of drug-likeness (QED) is 0.512. The number of benzene rings is 2. The molecule has 0 fully saturated rings. The average Bonchev–Trinajstić information content (AvgIpc) is 2.96. The Bertz CT molecular complexity index is 925. The van der Waals surface area contributed by atoms with Gasteiger partial charge in [0.1, 0.15) is 0 Å². The number of imide groups is 1. The zero-order valence-electron chi connectivity index (χ0n) is 15.6. The highest BCUT2D eigenvalue weighted by Crippen LogP contribution is 2.22. The largest absolute Gasteiger partial charge is 0.354 e. The van der Waals surface area contributed by atoms with Gasteiger partial charge in [-0.15, -0.1) is 0 Å². The van der Waals surface area contributed by atoms with Gasteiger partial charge in [-0.2, -0.15) is 0 Å². The summed E-state index contributed by atoms with van der Waals surface area (Å²) in [6, 6.07) is 13.3. The molecule has 29 heavy (non-hydrogen) atoms. The van der Waals surface area contributed by atoms with Gasteiger partial charge in [0.05, 0.1) is 11.1 Å². The van der Waals surface area contributed by atoms with Gasteiger partial charge in [0.25, 0.3) is 17.7 Å². The summed E-state index contributed by atoms with van der Waals surface area (Å²) >= 11 is 5.85. The van der Waals surface area contributed by atoms with Crippen molar-refractivity contribution in [2.45, 2.75) is 12.8 Å². The van der Waals surface area contributed by atoms with Crippen molar-refractivity contribution in [3.63, 3.8) is 0 Å². The van der Waals surface area contributed by atoms with Gasteiger partial charge in [-0.25, -0.2) is 0 Å². The summed E-state index contributed by atoms with van der Waals surface area (Å²) in [5.74, 6) is -1.13. The molecule has 0 saturated carbocycles. The van der Waals surface area contributed by atoms with Crippen LogP contribution in [-0.2, 0) is 4.79 Å². The molecule has 0 saturated heterocycles. The van der Waals surface area contributed by atoms with Crippen molar-refractivity contribution < 1.29 is 19.2 Å². The molecule has 7 nitrogen and oxygen atoms in total. The molecule has 3 rings (SSSR count). The van der Waals surface area contributed by atoms with Gasteiger partial charge in [0, 0.05) is 36.6 Å². The maximum absolute atomic E-state index is 12.3. The monoisotopic (exact) mass is 413 g/mol. The molecule has 1 heterocycles. The van der Waals surface area contributed by atoms with Crippen LogP contribution in [0.15, 0.2) is 48.5 Å². The van der Waals surface area contributed by atoms with Crippen LogP contribution in [0.3, 0.4) is 0 Å². The molecule has 0 spiro atoms. The number of nitrogens with one attached hydrogen (secondary N) is 2. The average molecular weight is 414 g/mol. The molecule has 0 radical (unpaired) electrons. The Morgan fingerprint density at radius 1 is 0.897 bits per heavy atom. The zero-order chi connectivity index (χ0) is 20.8. The number of nitrogens with zero attached hydrogens (tertiary/aromatic N) is 1. The summed E-state index contributed by atoms with van der Waals surface area (Å²) < 4.78 is 0. The van der Waals surface area contributed by atoms with E-state index in [1.54, 1.807) is 48.5 Å². The van der Waals surface area contributed by atoms with E-state index in [0.29, 0.717) is 28.1 Å². The molecule has 2 aromatic rings. The molecule has 1 aliphatic rings. The van der Waals surface area contributed by atoms with Crippen molar-refractivity contribution in [3.8, 4) is 0 Å². The number of fused-ring (bicyclic) bond motifs is 1. The molecule has 0 atom stereocenters. The van der Waals surface area contributed by atoms with E-state index in [9.17, 15) is 19.2 Å². The Kier molecular flexibility index (Phi) is 6.61. The van der Waals surface area contributed by atoms with Gasteiger partial charge in [-0.1, -0.05) is 29.8 Å². The first-order chi connectivity index (χ1) is 14.0. The van der Waals surface area contributed by atoms with Crippen molar-refractivity contribution in [1.29, 1.82) is 0 Å². The molecule has 0 aromatic heterocycles. The zero-order valence-corrected chi connectivity index (χ0v) is 16.4. The Morgan fingerprint density at radius 2 is 1.55 bits per heavy atom. The highest BCUT2D eigenvalue weighted by molar-refractivity contribution is 6.31. The molecule has 2 aromatic carbocycles. The Morgan fingerprint density at radius 3 is 2.21 bits per heavy atom. The van der Waals surface area contributed by atoms with E-state index in [4.69, 9.17) is 11.6 Å². The molecular formula is C21H20ClN3O4. The number of hydrogen-bond donors (Lipinski definition) is 2. The molecule has 1 aliphatic heterocycles. The summed E-state index contributed by atoms with van der Waals surface area (Å²) in [4.78, 5) is 49.6. The third kappa shape index (κ3) is 5.00. The molecule has 8 heteroatoms. The number of hydrogen-bond acceptors (Lipinski definition) is 4. The lowest BCUT2D eigenvalue weighted by Crippen LogP contribution is -2.35. The number of carbonyl (C=O) groups is 4. The minimum absolute atomic E-state index is 0.176. The van der Waals surface area contributed by atoms with Crippen LogP contribution in [0.2, 0.25) is 5.02 Å². The van der Waals surface area contributed by atoms with E-state index in [0.717, 1.165) is 0 Å². The predicted octanol–water partition coefficient (Wildman–Crippen LogP) is 2.26. The fourth-order valence-corrected chi connectivity index (χ4v) is 3.23. The van der Waals surface area contributed by atoms with Crippen molar-refractivity contribution in [1.82, 2.24) is 15.5 Å². The van der Waals surface area contributed by atoms with Gasteiger partial charge >= 0.3 is 0 Å². The molecule has 4 amide bonds. The summed E-state index contributed by atoms with van der Waals surface area (Å²) in [5.41, 5.74) is 1.25. The first kappa shape index (κ1) is 20.5. The van der Waals surface area contributed by atoms with E-state index in [1.807, 2.05) is 0 Å². The Labute approximate surface area is 173 Å². The van der Waals surface area contributed by atoms with Gasteiger partial charge < -0.3 is 10.6 Å². The lowest BCUT2D eigenvalue weighted by Gasteiger charge is -2.13. The van der Waals surface area contributed by atoms with Crippen LogP contribution in [0.5, 0.6) is 0 Å². The van der Waals surface area contributed by atoms with E-state index >= 15 is 0 Å². The molecule has 0 aliphatic carbocycles. The molecule has 150 valence electrons. The molecule has 0 bridgehead atoms. The predicted molar refractivity (Wildman–Crippen MR) is 108 cm³/mol. The maximum atomic E-state index is 12.3. The van der Waals surface area contributed by atoms with Crippen molar-refractivity contribution in [2.75, 3.05) is 19.6 Å². The number of rotatable bonds is 8. The highest BCUT2D eigenvalue weighted by Gasteiger charge is 2.34. The van der Waals surface area contributed by atoms with Crippen molar-refractivity contribution in [2.24, 2.45) is 0 Å². The van der Waals surface area contributed by atoms with Crippen LogP contribution in [0, 0.1) is 0 Å². The van der Waals surface area contributed by atoms with Crippen LogP contribution in [0.1, 0.15) is 43.9 Å². The number of halogens is 1. The summed E-state index contributed by atoms with van der Waals surface area (Å²) in [6.45, 7) is 0.735. The summed E-state index contributed by atoms with van der Waals surface area (Å²) in [6.07, 6.45) is 0.543. The number of carbonyl (C=O) groups excluding carboxylic acids is 4. The lowest BCUT2D eigenvalue weighted by atomic mass is 10.1. The van der Waals surface area contributed by atoms with Gasteiger partial charge in [-0.3, -0.25) is 24.1 Å². The SMILES string of the molecule is O=C(CCCN1C(=O)c2ccccc2C1=O)NCCNC(=O)c1cccc(Cl)c1. The second-order valence-corrected chi connectivity index (χ2v) is 6.96.